The topological polar surface area (TPSA) is 70.1 Å². The number of hydrazine groups is 1. The van der Waals surface area contributed by atoms with Gasteiger partial charge in [0.05, 0.1) is 11.1 Å². The molecule has 0 saturated carbocycles. The van der Waals surface area contributed by atoms with Crippen LogP contribution in [-0.4, -0.2) is 39.6 Å². The lowest BCUT2D eigenvalue weighted by atomic mass is 10.1. The van der Waals surface area contributed by atoms with Crippen molar-refractivity contribution in [2.24, 2.45) is 0 Å². The van der Waals surface area contributed by atoms with Gasteiger partial charge in [-0.15, -0.1) is 0 Å². The molecule has 19 heavy (non-hydrogen) atoms. The van der Waals surface area contributed by atoms with Crippen molar-refractivity contribution in [3.8, 4) is 0 Å². The number of aliphatic hydroxyl groups is 1. The number of amides is 1. The SMILES string of the molecule is O=C1O[C@@]2(O)c3ccccc3C(=O)N2N2CCC[C@@H]12. The second-order valence-corrected chi connectivity index (χ2v) is 5.01. The molecule has 0 bridgehead atoms. The second kappa shape index (κ2) is 3.34. The van der Waals surface area contributed by atoms with Gasteiger partial charge in [-0.2, -0.15) is 10.0 Å². The zero-order valence-electron chi connectivity index (χ0n) is 10.1. The molecule has 6 nitrogen and oxygen atoms in total. The molecule has 2 fully saturated rings. The van der Waals surface area contributed by atoms with Gasteiger partial charge in [0.15, 0.2) is 0 Å². The van der Waals surface area contributed by atoms with Gasteiger partial charge in [0.1, 0.15) is 6.04 Å². The van der Waals surface area contributed by atoms with E-state index in [1.54, 1.807) is 29.3 Å². The summed E-state index contributed by atoms with van der Waals surface area (Å²) in [6.45, 7) is 0.571. The zero-order chi connectivity index (χ0) is 13.2. The van der Waals surface area contributed by atoms with Gasteiger partial charge in [0, 0.05) is 6.54 Å². The van der Waals surface area contributed by atoms with Gasteiger partial charge in [-0.25, -0.2) is 0 Å². The highest BCUT2D eigenvalue weighted by molar-refractivity contribution is 6.00. The normalized spacial score (nSPS) is 32.9. The molecule has 0 aromatic heterocycles. The second-order valence-electron chi connectivity index (χ2n) is 5.01. The Balaban J connectivity index is 1.91. The van der Waals surface area contributed by atoms with Crippen LogP contribution in [0.2, 0.25) is 0 Å². The van der Waals surface area contributed by atoms with E-state index in [9.17, 15) is 14.7 Å². The summed E-state index contributed by atoms with van der Waals surface area (Å²) in [5.74, 6) is -2.77. The minimum Gasteiger partial charge on any atom is -0.407 e. The van der Waals surface area contributed by atoms with Crippen molar-refractivity contribution in [2.45, 2.75) is 24.8 Å². The van der Waals surface area contributed by atoms with Gasteiger partial charge < -0.3 is 9.84 Å². The van der Waals surface area contributed by atoms with Crippen LogP contribution in [0.25, 0.3) is 0 Å². The fraction of sp³-hybridized carbons (Fsp3) is 0.385. The van der Waals surface area contributed by atoms with Gasteiger partial charge in [-0.05, 0) is 25.0 Å². The van der Waals surface area contributed by atoms with E-state index in [2.05, 4.69) is 0 Å². The third kappa shape index (κ3) is 1.18. The minimum atomic E-state index is -1.98. The molecule has 0 unspecified atom stereocenters. The number of esters is 1. The predicted molar refractivity (Wildman–Crippen MR) is 62.3 cm³/mol. The molecule has 3 heterocycles. The van der Waals surface area contributed by atoms with Crippen molar-refractivity contribution in [2.75, 3.05) is 6.54 Å². The summed E-state index contributed by atoms with van der Waals surface area (Å²) >= 11 is 0. The fourth-order valence-electron chi connectivity index (χ4n) is 3.15. The number of fused-ring (bicyclic) bond motifs is 5. The quantitative estimate of drug-likeness (QED) is 0.674. The summed E-state index contributed by atoms with van der Waals surface area (Å²) in [5, 5.41) is 13.5. The van der Waals surface area contributed by atoms with Crippen LogP contribution in [0.5, 0.6) is 0 Å². The van der Waals surface area contributed by atoms with Crippen LogP contribution >= 0.6 is 0 Å². The lowest BCUT2D eigenvalue weighted by Gasteiger charge is -2.44. The number of benzene rings is 1. The van der Waals surface area contributed by atoms with Gasteiger partial charge in [-0.3, -0.25) is 9.59 Å². The highest BCUT2D eigenvalue weighted by Crippen LogP contribution is 2.44. The van der Waals surface area contributed by atoms with Gasteiger partial charge in [0.25, 0.3) is 5.91 Å². The van der Waals surface area contributed by atoms with Crippen molar-refractivity contribution in [3.05, 3.63) is 35.4 Å². The van der Waals surface area contributed by atoms with E-state index >= 15 is 0 Å². The molecule has 6 heteroatoms. The molecule has 1 amide bonds. The Hall–Kier alpha value is -1.92. The molecular formula is C13H12N2O4. The number of nitrogens with zero attached hydrogens (tertiary/aromatic N) is 2. The number of hydrogen-bond donors (Lipinski definition) is 1. The van der Waals surface area contributed by atoms with Crippen LogP contribution in [0.4, 0.5) is 0 Å². The van der Waals surface area contributed by atoms with E-state index in [0.29, 0.717) is 24.1 Å². The van der Waals surface area contributed by atoms with E-state index in [1.165, 1.54) is 5.01 Å². The third-order valence-corrected chi connectivity index (χ3v) is 3.98. The molecule has 2 atom stereocenters. The first kappa shape index (κ1) is 11.0. The van der Waals surface area contributed by atoms with Crippen molar-refractivity contribution in [3.63, 3.8) is 0 Å². The van der Waals surface area contributed by atoms with Crippen LogP contribution in [0.3, 0.4) is 0 Å². The number of hydrogen-bond acceptors (Lipinski definition) is 5. The summed E-state index contributed by atoms with van der Waals surface area (Å²) in [7, 11) is 0. The third-order valence-electron chi connectivity index (χ3n) is 3.98. The molecule has 3 aliphatic heterocycles. The van der Waals surface area contributed by atoms with E-state index in [4.69, 9.17) is 4.74 Å². The summed E-state index contributed by atoms with van der Waals surface area (Å²) in [6.07, 6.45) is 1.45. The predicted octanol–water partition coefficient (Wildman–Crippen LogP) is 0.181. The van der Waals surface area contributed by atoms with E-state index in [0.717, 1.165) is 6.42 Å². The zero-order valence-corrected chi connectivity index (χ0v) is 10.1. The number of rotatable bonds is 0. The van der Waals surface area contributed by atoms with Crippen molar-refractivity contribution >= 4 is 11.9 Å². The monoisotopic (exact) mass is 260 g/mol. The molecular weight excluding hydrogens is 248 g/mol. The molecule has 4 rings (SSSR count). The Morgan fingerprint density at radius 1 is 1.32 bits per heavy atom. The molecule has 1 aromatic carbocycles. The highest BCUT2D eigenvalue weighted by atomic mass is 16.7. The molecule has 2 saturated heterocycles. The van der Waals surface area contributed by atoms with Crippen LogP contribution in [-0.2, 0) is 15.4 Å². The summed E-state index contributed by atoms with van der Waals surface area (Å²) in [6, 6.07) is 6.21. The van der Waals surface area contributed by atoms with Crippen LogP contribution in [0.15, 0.2) is 24.3 Å². The largest absolute Gasteiger partial charge is 0.407 e. The van der Waals surface area contributed by atoms with Crippen LogP contribution in [0.1, 0.15) is 28.8 Å². The Labute approximate surface area is 109 Å². The number of ether oxygens (including phenoxy) is 1. The summed E-state index contributed by atoms with van der Waals surface area (Å²) in [5.41, 5.74) is 0.712. The Morgan fingerprint density at radius 3 is 2.95 bits per heavy atom. The van der Waals surface area contributed by atoms with E-state index in [-0.39, 0.29) is 5.91 Å². The minimum absolute atomic E-state index is 0.322. The molecule has 1 N–H and O–H groups in total. The lowest BCUT2D eigenvalue weighted by molar-refractivity contribution is -0.338. The first-order chi connectivity index (χ1) is 9.13. The Kier molecular flexibility index (Phi) is 1.93. The van der Waals surface area contributed by atoms with Crippen LogP contribution in [0, 0.1) is 0 Å². The lowest BCUT2D eigenvalue weighted by Crippen LogP contribution is -2.64. The van der Waals surface area contributed by atoms with Gasteiger partial charge in [-0.1, -0.05) is 12.1 Å². The Morgan fingerprint density at radius 2 is 2.11 bits per heavy atom. The maximum Gasteiger partial charge on any atom is 0.340 e. The van der Waals surface area contributed by atoms with Gasteiger partial charge >= 0.3 is 11.9 Å². The highest BCUT2D eigenvalue weighted by Gasteiger charge is 2.61. The molecule has 1 aromatic rings. The molecule has 0 radical (unpaired) electrons. The van der Waals surface area contributed by atoms with E-state index < -0.39 is 17.9 Å². The molecule has 0 aliphatic carbocycles. The molecule has 0 spiro atoms. The van der Waals surface area contributed by atoms with Crippen molar-refractivity contribution < 1.29 is 19.4 Å². The molecule has 98 valence electrons. The van der Waals surface area contributed by atoms with Gasteiger partial charge in [0.2, 0.25) is 0 Å². The number of carbonyl (C=O) groups excluding carboxylic acids is 2. The summed E-state index contributed by atoms with van der Waals surface area (Å²) in [4.78, 5) is 24.4. The average molecular weight is 260 g/mol. The fourth-order valence-corrected chi connectivity index (χ4v) is 3.15. The standard InChI is InChI=1S/C13H12N2O4/c16-11-8-4-1-2-5-9(8)13(18)15(11)14-7-3-6-10(14)12(17)19-13/h1-2,4-5,10,18H,3,6-7H2/t10-,13-/m0/s1. The first-order valence-corrected chi connectivity index (χ1v) is 6.29. The van der Waals surface area contributed by atoms with Crippen molar-refractivity contribution in [1.29, 1.82) is 0 Å². The summed E-state index contributed by atoms with van der Waals surface area (Å²) < 4.78 is 5.19. The average Bonchev–Trinajstić information content (AvgIpc) is 2.94. The van der Waals surface area contributed by atoms with E-state index in [1.807, 2.05) is 0 Å². The molecule has 3 aliphatic rings. The maximum absolute atomic E-state index is 12.4. The van der Waals surface area contributed by atoms with Crippen LogP contribution < -0.4 is 0 Å². The number of carbonyl (C=O) groups is 2. The maximum atomic E-state index is 12.4. The Bertz CT molecular complexity index is 602. The van der Waals surface area contributed by atoms with Crippen molar-refractivity contribution in [1.82, 2.24) is 10.0 Å². The smallest absolute Gasteiger partial charge is 0.340 e. The first-order valence-electron chi connectivity index (χ1n) is 6.29.